The molecule has 0 aliphatic heterocycles. The number of hydrogen-bond acceptors (Lipinski definition) is 2. The Morgan fingerprint density at radius 1 is 0.909 bits per heavy atom. The van der Waals surface area contributed by atoms with Gasteiger partial charge in [-0.3, -0.25) is 4.40 Å². The molecule has 0 saturated heterocycles. The Balaban J connectivity index is 2.17. The molecule has 3 heteroatoms. The highest BCUT2D eigenvalue weighted by atomic mass is 15.0. The quantitative estimate of drug-likeness (QED) is 0.536. The van der Waals surface area contributed by atoms with Gasteiger partial charge in [0.2, 0.25) is 0 Å². The molecule has 0 atom stereocenters. The van der Waals surface area contributed by atoms with Gasteiger partial charge in [0.25, 0.3) is 0 Å². The van der Waals surface area contributed by atoms with Crippen LogP contribution >= 0.6 is 0 Å². The van der Waals surface area contributed by atoms with E-state index in [1.54, 1.807) is 0 Å². The SMILES string of the molecule is CC(C)c1nc2ccccc2n2c(-c3ccccc3)cnc12. The van der Waals surface area contributed by atoms with Gasteiger partial charge in [-0.15, -0.1) is 0 Å². The lowest BCUT2D eigenvalue weighted by Crippen LogP contribution is -2.01. The first-order valence-corrected chi connectivity index (χ1v) is 7.57. The van der Waals surface area contributed by atoms with E-state index < -0.39 is 0 Å². The molecular weight excluding hydrogens is 270 g/mol. The van der Waals surface area contributed by atoms with Crippen molar-refractivity contribution in [3.8, 4) is 11.3 Å². The van der Waals surface area contributed by atoms with Crippen molar-refractivity contribution in [3.05, 3.63) is 66.5 Å². The van der Waals surface area contributed by atoms with Gasteiger partial charge in [0.05, 0.1) is 28.6 Å². The predicted octanol–water partition coefficient (Wildman–Crippen LogP) is 4.67. The van der Waals surface area contributed by atoms with Crippen LogP contribution in [0.3, 0.4) is 0 Å². The van der Waals surface area contributed by atoms with E-state index in [-0.39, 0.29) is 0 Å². The van der Waals surface area contributed by atoms with Crippen LogP contribution in [0, 0.1) is 0 Å². The molecule has 0 amide bonds. The number of fused-ring (bicyclic) bond motifs is 3. The summed E-state index contributed by atoms with van der Waals surface area (Å²) in [5.74, 6) is 0.332. The molecule has 3 nitrogen and oxygen atoms in total. The number of para-hydroxylation sites is 2. The lowest BCUT2D eigenvalue weighted by Gasteiger charge is -2.11. The zero-order chi connectivity index (χ0) is 15.1. The van der Waals surface area contributed by atoms with Crippen molar-refractivity contribution < 1.29 is 0 Å². The molecule has 0 bridgehead atoms. The topological polar surface area (TPSA) is 30.2 Å². The molecule has 2 aromatic carbocycles. The second-order valence-electron chi connectivity index (χ2n) is 5.81. The van der Waals surface area contributed by atoms with Crippen LogP contribution in [0.2, 0.25) is 0 Å². The van der Waals surface area contributed by atoms with Crippen LogP contribution in [-0.4, -0.2) is 14.4 Å². The minimum atomic E-state index is 0.332. The molecule has 0 spiro atoms. The summed E-state index contributed by atoms with van der Waals surface area (Å²) in [7, 11) is 0. The number of rotatable bonds is 2. The molecule has 2 aromatic heterocycles. The van der Waals surface area contributed by atoms with Gasteiger partial charge in [0.15, 0.2) is 5.65 Å². The van der Waals surface area contributed by atoms with Crippen LogP contribution in [0.15, 0.2) is 60.8 Å². The molecule has 4 rings (SSSR count). The van der Waals surface area contributed by atoms with Crippen molar-refractivity contribution in [2.45, 2.75) is 19.8 Å². The lowest BCUT2D eigenvalue weighted by molar-refractivity contribution is 0.828. The van der Waals surface area contributed by atoms with E-state index in [4.69, 9.17) is 4.98 Å². The summed E-state index contributed by atoms with van der Waals surface area (Å²) in [6.45, 7) is 4.32. The van der Waals surface area contributed by atoms with E-state index in [2.05, 4.69) is 59.6 Å². The molecule has 0 saturated carbocycles. The van der Waals surface area contributed by atoms with E-state index in [1.165, 1.54) is 5.56 Å². The van der Waals surface area contributed by atoms with Gasteiger partial charge in [-0.2, -0.15) is 0 Å². The zero-order valence-electron chi connectivity index (χ0n) is 12.7. The molecule has 0 fully saturated rings. The van der Waals surface area contributed by atoms with E-state index in [9.17, 15) is 0 Å². The maximum Gasteiger partial charge on any atom is 0.159 e. The van der Waals surface area contributed by atoms with Gasteiger partial charge in [0.1, 0.15) is 0 Å². The molecule has 108 valence electrons. The molecule has 0 N–H and O–H groups in total. The fourth-order valence-corrected chi connectivity index (χ4v) is 2.90. The monoisotopic (exact) mass is 287 g/mol. The summed E-state index contributed by atoms with van der Waals surface area (Å²) >= 11 is 0. The summed E-state index contributed by atoms with van der Waals surface area (Å²) in [5, 5.41) is 0. The number of benzene rings is 2. The summed E-state index contributed by atoms with van der Waals surface area (Å²) in [4.78, 5) is 9.49. The average Bonchev–Trinajstić information content (AvgIpc) is 3.00. The maximum atomic E-state index is 4.83. The summed E-state index contributed by atoms with van der Waals surface area (Å²) in [5.41, 5.74) is 6.37. The van der Waals surface area contributed by atoms with Gasteiger partial charge in [-0.25, -0.2) is 9.97 Å². The van der Waals surface area contributed by atoms with Crippen molar-refractivity contribution in [2.75, 3.05) is 0 Å². The highest BCUT2D eigenvalue weighted by molar-refractivity contribution is 5.82. The van der Waals surface area contributed by atoms with Crippen molar-refractivity contribution >= 4 is 16.7 Å². The lowest BCUT2D eigenvalue weighted by atomic mass is 10.1. The van der Waals surface area contributed by atoms with Crippen LogP contribution in [-0.2, 0) is 0 Å². The third kappa shape index (κ3) is 1.90. The Labute approximate surface area is 129 Å². The van der Waals surface area contributed by atoms with Gasteiger partial charge >= 0.3 is 0 Å². The van der Waals surface area contributed by atoms with Crippen LogP contribution in [0.5, 0.6) is 0 Å². The Morgan fingerprint density at radius 2 is 1.64 bits per heavy atom. The number of nitrogens with zero attached hydrogens (tertiary/aromatic N) is 3. The van der Waals surface area contributed by atoms with E-state index in [0.717, 1.165) is 28.1 Å². The Bertz CT molecular complexity index is 952. The zero-order valence-corrected chi connectivity index (χ0v) is 12.7. The summed E-state index contributed by atoms with van der Waals surface area (Å²) < 4.78 is 2.23. The summed E-state index contributed by atoms with van der Waals surface area (Å²) in [6.07, 6.45) is 1.95. The first-order valence-electron chi connectivity index (χ1n) is 7.57. The van der Waals surface area contributed by atoms with Gasteiger partial charge in [-0.05, 0) is 18.1 Å². The second-order valence-corrected chi connectivity index (χ2v) is 5.81. The molecule has 0 radical (unpaired) electrons. The number of imidazole rings is 1. The molecule has 0 unspecified atom stereocenters. The minimum Gasteiger partial charge on any atom is -0.289 e. The first-order chi connectivity index (χ1) is 10.8. The fraction of sp³-hybridized carbons (Fsp3) is 0.158. The Morgan fingerprint density at radius 3 is 2.41 bits per heavy atom. The molecular formula is C19H17N3. The van der Waals surface area contributed by atoms with Gasteiger partial charge < -0.3 is 0 Å². The third-order valence-corrected chi connectivity index (χ3v) is 3.97. The van der Waals surface area contributed by atoms with Crippen molar-refractivity contribution in [3.63, 3.8) is 0 Å². The Hall–Kier alpha value is -2.68. The smallest absolute Gasteiger partial charge is 0.159 e. The molecule has 0 aliphatic carbocycles. The average molecular weight is 287 g/mol. The normalized spacial score (nSPS) is 11.6. The number of aromatic nitrogens is 3. The van der Waals surface area contributed by atoms with Crippen molar-refractivity contribution in [1.29, 1.82) is 0 Å². The Kier molecular flexibility index (Phi) is 2.93. The van der Waals surface area contributed by atoms with E-state index >= 15 is 0 Å². The van der Waals surface area contributed by atoms with Crippen LogP contribution in [0.1, 0.15) is 25.5 Å². The van der Waals surface area contributed by atoms with Crippen LogP contribution in [0.25, 0.3) is 27.9 Å². The van der Waals surface area contributed by atoms with Crippen LogP contribution < -0.4 is 0 Å². The first kappa shape index (κ1) is 13.0. The third-order valence-electron chi connectivity index (χ3n) is 3.97. The maximum absolute atomic E-state index is 4.83. The van der Waals surface area contributed by atoms with E-state index in [0.29, 0.717) is 5.92 Å². The molecule has 4 aromatic rings. The van der Waals surface area contributed by atoms with Gasteiger partial charge in [-0.1, -0.05) is 56.3 Å². The van der Waals surface area contributed by atoms with Gasteiger partial charge in [0, 0.05) is 5.56 Å². The van der Waals surface area contributed by atoms with Crippen molar-refractivity contribution in [2.24, 2.45) is 0 Å². The second kappa shape index (κ2) is 4.95. The number of hydrogen-bond donors (Lipinski definition) is 0. The van der Waals surface area contributed by atoms with E-state index in [1.807, 2.05) is 24.4 Å². The van der Waals surface area contributed by atoms with Crippen LogP contribution in [0.4, 0.5) is 0 Å². The summed E-state index contributed by atoms with van der Waals surface area (Å²) in [6, 6.07) is 18.6. The molecule has 2 heterocycles. The largest absolute Gasteiger partial charge is 0.289 e. The minimum absolute atomic E-state index is 0.332. The fourth-order valence-electron chi connectivity index (χ4n) is 2.90. The molecule has 22 heavy (non-hydrogen) atoms. The van der Waals surface area contributed by atoms with Crippen molar-refractivity contribution in [1.82, 2.24) is 14.4 Å². The highest BCUT2D eigenvalue weighted by Gasteiger charge is 2.16. The predicted molar refractivity (Wildman–Crippen MR) is 90.0 cm³/mol. The molecule has 0 aliphatic rings. The highest BCUT2D eigenvalue weighted by Crippen LogP contribution is 2.28. The standard InChI is InChI=1S/C19H17N3/c1-13(2)18-19-20-12-17(14-8-4-3-5-9-14)22(19)16-11-7-6-10-15(16)21-18/h3-13H,1-2H3.